The molecule has 1 unspecified atom stereocenters. The summed E-state index contributed by atoms with van der Waals surface area (Å²) >= 11 is 0. The summed E-state index contributed by atoms with van der Waals surface area (Å²) in [7, 11) is 0. The number of benzene rings is 1. The van der Waals surface area contributed by atoms with E-state index in [9.17, 15) is 4.79 Å². The first-order valence-corrected chi connectivity index (χ1v) is 9.62. The van der Waals surface area contributed by atoms with Gasteiger partial charge in [0, 0.05) is 25.3 Å². The molecule has 1 aromatic heterocycles. The van der Waals surface area contributed by atoms with Crippen LogP contribution in [0.15, 0.2) is 52.1 Å². The van der Waals surface area contributed by atoms with Gasteiger partial charge in [-0.2, -0.15) is 0 Å². The number of rotatable bonds is 5. The minimum Gasteiger partial charge on any atom is -0.459 e. The van der Waals surface area contributed by atoms with E-state index in [-0.39, 0.29) is 5.91 Å². The van der Waals surface area contributed by atoms with Gasteiger partial charge in [-0.05, 0) is 55.5 Å². The SMILES string of the molecule is CCNC(=NCc1cccc(NC(=O)c2ccco2)c1)N1CCCC(C)C1. The predicted molar refractivity (Wildman–Crippen MR) is 108 cm³/mol. The number of piperidine rings is 1. The summed E-state index contributed by atoms with van der Waals surface area (Å²) in [5.41, 5.74) is 1.79. The normalized spacial score (nSPS) is 17.6. The summed E-state index contributed by atoms with van der Waals surface area (Å²) in [4.78, 5) is 19.3. The van der Waals surface area contributed by atoms with E-state index in [1.165, 1.54) is 19.1 Å². The molecule has 0 saturated carbocycles. The molecule has 1 aromatic carbocycles. The maximum absolute atomic E-state index is 12.1. The summed E-state index contributed by atoms with van der Waals surface area (Å²) in [6.07, 6.45) is 3.98. The molecular formula is C21H28N4O2. The molecule has 27 heavy (non-hydrogen) atoms. The van der Waals surface area contributed by atoms with Gasteiger partial charge in [0.15, 0.2) is 11.7 Å². The van der Waals surface area contributed by atoms with Crippen molar-refractivity contribution in [1.82, 2.24) is 10.2 Å². The van der Waals surface area contributed by atoms with Gasteiger partial charge in [0.05, 0.1) is 12.8 Å². The highest BCUT2D eigenvalue weighted by molar-refractivity contribution is 6.02. The molecule has 6 heteroatoms. The van der Waals surface area contributed by atoms with Crippen molar-refractivity contribution >= 4 is 17.6 Å². The monoisotopic (exact) mass is 368 g/mol. The molecular weight excluding hydrogens is 340 g/mol. The van der Waals surface area contributed by atoms with Crippen molar-refractivity contribution in [2.24, 2.45) is 10.9 Å². The number of likely N-dealkylation sites (tertiary alicyclic amines) is 1. The number of hydrogen-bond donors (Lipinski definition) is 2. The summed E-state index contributed by atoms with van der Waals surface area (Å²) in [5.74, 6) is 1.71. The minimum absolute atomic E-state index is 0.253. The van der Waals surface area contributed by atoms with Gasteiger partial charge in [0.2, 0.25) is 0 Å². The Labute approximate surface area is 160 Å². The number of aliphatic imine (C=N–C) groups is 1. The molecule has 1 amide bonds. The van der Waals surface area contributed by atoms with Crippen LogP contribution >= 0.6 is 0 Å². The lowest BCUT2D eigenvalue weighted by molar-refractivity contribution is 0.0996. The molecule has 1 aliphatic rings. The highest BCUT2D eigenvalue weighted by Gasteiger charge is 2.19. The standard InChI is InChI=1S/C21H28N4O2/c1-3-22-21(25-11-5-7-16(2)15-25)23-14-17-8-4-9-18(13-17)24-20(26)19-10-6-12-27-19/h4,6,8-10,12-13,16H,3,5,7,11,14-15H2,1-2H3,(H,22,23)(H,24,26). The van der Waals surface area contributed by atoms with E-state index in [0.29, 0.717) is 18.2 Å². The zero-order valence-electron chi connectivity index (χ0n) is 16.1. The number of nitrogens with zero attached hydrogens (tertiary/aromatic N) is 2. The molecule has 1 saturated heterocycles. The van der Waals surface area contributed by atoms with E-state index in [0.717, 1.165) is 36.8 Å². The molecule has 2 N–H and O–H groups in total. The average molecular weight is 368 g/mol. The van der Waals surface area contributed by atoms with Gasteiger partial charge in [0.25, 0.3) is 5.91 Å². The van der Waals surface area contributed by atoms with Gasteiger partial charge in [-0.25, -0.2) is 4.99 Å². The van der Waals surface area contributed by atoms with Crippen molar-refractivity contribution in [3.8, 4) is 0 Å². The second-order valence-corrected chi connectivity index (χ2v) is 7.00. The molecule has 6 nitrogen and oxygen atoms in total. The Bertz CT molecular complexity index is 770. The summed E-state index contributed by atoms with van der Waals surface area (Å²) in [5, 5.41) is 6.26. The van der Waals surface area contributed by atoms with Gasteiger partial charge in [0.1, 0.15) is 0 Å². The molecule has 144 valence electrons. The third kappa shape index (κ3) is 5.36. The number of anilines is 1. The fourth-order valence-electron chi connectivity index (χ4n) is 3.32. The largest absolute Gasteiger partial charge is 0.459 e. The first-order chi connectivity index (χ1) is 13.2. The Morgan fingerprint density at radius 3 is 2.96 bits per heavy atom. The second-order valence-electron chi connectivity index (χ2n) is 7.00. The van der Waals surface area contributed by atoms with Crippen LogP contribution in [0.2, 0.25) is 0 Å². The number of nitrogens with one attached hydrogen (secondary N) is 2. The molecule has 0 aliphatic carbocycles. The maximum Gasteiger partial charge on any atom is 0.291 e. The number of carbonyl (C=O) groups is 1. The lowest BCUT2D eigenvalue weighted by atomic mass is 10.0. The third-order valence-corrected chi connectivity index (χ3v) is 4.63. The lowest BCUT2D eigenvalue weighted by Gasteiger charge is -2.33. The third-order valence-electron chi connectivity index (χ3n) is 4.63. The van der Waals surface area contributed by atoms with Crippen molar-refractivity contribution in [2.75, 3.05) is 25.0 Å². The number of carbonyl (C=O) groups excluding carboxylic acids is 1. The first-order valence-electron chi connectivity index (χ1n) is 9.62. The summed E-state index contributed by atoms with van der Waals surface area (Å²) < 4.78 is 5.13. The van der Waals surface area contributed by atoms with Crippen molar-refractivity contribution in [3.63, 3.8) is 0 Å². The zero-order chi connectivity index (χ0) is 19.1. The van der Waals surface area contributed by atoms with Crippen LogP contribution in [0.5, 0.6) is 0 Å². The Hall–Kier alpha value is -2.76. The highest BCUT2D eigenvalue weighted by Crippen LogP contribution is 2.17. The van der Waals surface area contributed by atoms with Crippen LogP contribution in [0.3, 0.4) is 0 Å². The van der Waals surface area contributed by atoms with Crippen LogP contribution in [0, 0.1) is 5.92 Å². The summed E-state index contributed by atoms with van der Waals surface area (Å²) in [6, 6.07) is 11.1. The molecule has 2 heterocycles. The maximum atomic E-state index is 12.1. The van der Waals surface area contributed by atoms with E-state index < -0.39 is 0 Å². The van der Waals surface area contributed by atoms with Gasteiger partial charge >= 0.3 is 0 Å². The van der Waals surface area contributed by atoms with Crippen molar-refractivity contribution in [1.29, 1.82) is 0 Å². The average Bonchev–Trinajstić information content (AvgIpc) is 3.20. The van der Waals surface area contributed by atoms with Crippen LogP contribution in [0.1, 0.15) is 42.8 Å². The molecule has 1 aliphatic heterocycles. The number of hydrogen-bond acceptors (Lipinski definition) is 3. The summed E-state index contributed by atoms with van der Waals surface area (Å²) in [6.45, 7) is 7.90. The smallest absolute Gasteiger partial charge is 0.291 e. The molecule has 1 atom stereocenters. The van der Waals surface area contributed by atoms with Crippen LogP contribution in [-0.2, 0) is 6.54 Å². The molecule has 3 rings (SSSR count). The Morgan fingerprint density at radius 1 is 1.33 bits per heavy atom. The fourth-order valence-corrected chi connectivity index (χ4v) is 3.32. The number of furan rings is 1. The van der Waals surface area contributed by atoms with Crippen LogP contribution < -0.4 is 10.6 Å². The molecule has 0 radical (unpaired) electrons. The topological polar surface area (TPSA) is 69.9 Å². The van der Waals surface area contributed by atoms with Gasteiger partial charge in [-0.3, -0.25) is 4.79 Å². The van der Waals surface area contributed by atoms with E-state index >= 15 is 0 Å². The second kappa shape index (κ2) is 9.26. The van der Waals surface area contributed by atoms with Crippen molar-refractivity contribution in [2.45, 2.75) is 33.2 Å². The zero-order valence-corrected chi connectivity index (χ0v) is 16.1. The molecule has 1 fully saturated rings. The van der Waals surface area contributed by atoms with Crippen LogP contribution in [0.25, 0.3) is 0 Å². The quantitative estimate of drug-likeness (QED) is 0.623. The van der Waals surface area contributed by atoms with Crippen molar-refractivity contribution in [3.05, 3.63) is 54.0 Å². The van der Waals surface area contributed by atoms with E-state index in [4.69, 9.17) is 9.41 Å². The fraction of sp³-hybridized carbons (Fsp3) is 0.429. The van der Waals surface area contributed by atoms with E-state index in [1.54, 1.807) is 12.1 Å². The van der Waals surface area contributed by atoms with E-state index in [1.807, 2.05) is 24.3 Å². The Balaban J connectivity index is 1.66. The molecule has 0 spiro atoms. The highest BCUT2D eigenvalue weighted by atomic mass is 16.3. The number of amides is 1. The van der Waals surface area contributed by atoms with Crippen LogP contribution in [0.4, 0.5) is 5.69 Å². The Morgan fingerprint density at radius 2 is 2.22 bits per heavy atom. The number of guanidine groups is 1. The first kappa shape index (κ1) is 19.0. The van der Waals surface area contributed by atoms with Gasteiger partial charge in [-0.1, -0.05) is 19.1 Å². The van der Waals surface area contributed by atoms with Crippen LogP contribution in [-0.4, -0.2) is 36.4 Å². The Kier molecular flexibility index (Phi) is 6.52. The molecule has 0 bridgehead atoms. The predicted octanol–water partition coefficient (Wildman–Crippen LogP) is 3.73. The van der Waals surface area contributed by atoms with Gasteiger partial charge in [-0.15, -0.1) is 0 Å². The van der Waals surface area contributed by atoms with Crippen molar-refractivity contribution < 1.29 is 9.21 Å². The minimum atomic E-state index is -0.253. The lowest BCUT2D eigenvalue weighted by Crippen LogP contribution is -2.46. The molecule has 2 aromatic rings. The van der Waals surface area contributed by atoms with E-state index in [2.05, 4.69) is 29.4 Å². The van der Waals surface area contributed by atoms with Gasteiger partial charge < -0.3 is 20.0 Å².